The number of halogens is 1. The summed E-state index contributed by atoms with van der Waals surface area (Å²) in [5.74, 6) is -1.81. The third-order valence-corrected chi connectivity index (χ3v) is 8.32. The number of aromatic nitrogens is 2. The predicted molar refractivity (Wildman–Crippen MR) is 98.1 cm³/mol. The van der Waals surface area contributed by atoms with E-state index in [0.717, 1.165) is 4.57 Å². The van der Waals surface area contributed by atoms with Gasteiger partial charge >= 0.3 is 29.2 Å². The maximum absolute atomic E-state index is 13.4. The fourth-order valence-corrected chi connectivity index (χ4v) is 5.86. The molecule has 1 aliphatic rings. The Hall–Kier alpha value is -1.02. The van der Waals surface area contributed by atoms with Crippen molar-refractivity contribution in [2.75, 3.05) is 6.61 Å². The lowest BCUT2D eigenvalue weighted by molar-refractivity contribution is -0.00840. The van der Waals surface area contributed by atoms with E-state index in [-0.39, 0.29) is 18.4 Å². The minimum atomic E-state index is -5.64. The molecule has 1 aromatic rings. The highest BCUT2D eigenvalue weighted by Gasteiger charge is 2.44. The number of hydrogen-bond acceptors (Lipinski definition) is 9. The van der Waals surface area contributed by atoms with Crippen molar-refractivity contribution in [2.45, 2.75) is 32.6 Å². The molecule has 0 aromatic carbocycles. The summed E-state index contributed by atoms with van der Waals surface area (Å²) < 4.78 is 65.5. The van der Waals surface area contributed by atoms with E-state index >= 15 is 0 Å². The maximum Gasteiger partial charge on any atom is 0.490 e. The molecule has 2 heterocycles. The Balaban J connectivity index is 2.02. The molecule has 1 aromatic heterocycles. The smallest absolute Gasteiger partial charge is 0.370 e. The molecule has 0 saturated carbocycles. The van der Waals surface area contributed by atoms with E-state index in [4.69, 9.17) is 19.4 Å². The average Bonchev–Trinajstić information content (AvgIpc) is 2.82. The van der Waals surface area contributed by atoms with Gasteiger partial charge in [0.25, 0.3) is 5.56 Å². The van der Waals surface area contributed by atoms with Crippen molar-refractivity contribution in [1.29, 1.82) is 0 Å². The molecule has 2 rings (SSSR count). The maximum atomic E-state index is 13.4. The first-order chi connectivity index (χ1) is 14.0. The molecular formula is C12H20FN2O13P3. The molecular weight excluding hydrogens is 492 g/mol. The zero-order valence-electron chi connectivity index (χ0n) is 15.9. The van der Waals surface area contributed by atoms with Crippen LogP contribution in [-0.2, 0) is 38.1 Å². The molecule has 0 radical (unpaired) electrons. The zero-order valence-corrected chi connectivity index (χ0v) is 18.6. The van der Waals surface area contributed by atoms with Gasteiger partial charge in [-0.3, -0.25) is 18.9 Å². The topological polar surface area (TPSA) is 224 Å². The van der Waals surface area contributed by atoms with Crippen molar-refractivity contribution in [1.82, 2.24) is 9.55 Å². The summed E-state index contributed by atoms with van der Waals surface area (Å²) in [6, 6.07) is 0. The van der Waals surface area contributed by atoms with Crippen molar-refractivity contribution in [3.8, 4) is 0 Å². The molecule has 19 heteroatoms. The number of nitrogens with one attached hydrogen (secondary N) is 1. The molecule has 0 spiro atoms. The van der Waals surface area contributed by atoms with Crippen molar-refractivity contribution in [3.05, 3.63) is 32.9 Å². The number of rotatable bonds is 9. The van der Waals surface area contributed by atoms with Gasteiger partial charge in [-0.1, -0.05) is 13.8 Å². The number of phosphoric acid groups is 3. The van der Waals surface area contributed by atoms with Crippen LogP contribution in [-0.4, -0.2) is 47.9 Å². The van der Waals surface area contributed by atoms with E-state index in [9.17, 15) is 32.6 Å². The number of phosphoric ester groups is 1. The second-order valence-corrected chi connectivity index (χ2v) is 11.1. The predicted octanol–water partition coefficient (Wildman–Crippen LogP) is 0.0586. The zero-order chi connectivity index (χ0) is 23.8. The third kappa shape index (κ3) is 7.52. The molecule has 2 unspecified atom stereocenters. The van der Waals surface area contributed by atoms with E-state index in [1.807, 2.05) is 0 Å². The van der Waals surface area contributed by atoms with Crippen molar-refractivity contribution in [3.63, 3.8) is 0 Å². The van der Waals surface area contributed by atoms with Crippen LogP contribution in [0.15, 0.2) is 15.8 Å². The second kappa shape index (κ2) is 9.46. The van der Waals surface area contributed by atoms with Crippen LogP contribution in [0.5, 0.6) is 0 Å². The lowest BCUT2D eigenvalue weighted by Crippen LogP contribution is -2.35. The highest BCUT2D eigenvalue weighted by Crippen LogP contribution is 2.66. The SMILES string of the molecule is C[C@H]1[C@H](C)[C@@H](COP(=O)(O)OP(=O)(O)OP(=O)(O)O)O[C@H]1Cn1cc(F)c(=O)[nH]c1=O. The van der Waals surface area contributed by atoms with Crippen LogP contribution in [0, 0.1) is 17.7 Å². The van der Waals surface area contributed by atoms with Gasteiger partial charge in [-0.25, -0.2) is 18.5 Å². The highest BCUT2D eigenvalue weighted by molar-refractivity contribution is 7.66. The van der Waals surface area contributed by atoms with Crippen LogP contribution >= 0.6 is 23.5 Å². The standard InChI is InChI=1S/C12H20FN2O13P3/c1-6-7(2)10(5-25-30(21,22)28-31(23,24)27-29(18,19)20)26-9(6)4-15-3-8(13)11(16)14-12(15)17/h3,6-7,9-10H,4-5H2,1-2H3,(H,21,22)(H,23,24)(H,14,16,17)(H2,18,19,20)/t6-,7-,9-,10+/m0/s1. The average molecular weight is 512 g/mol. The fraction of sp³-hybridized carbons (Fsp3) is 0.667. The summed E-state index contributed by atoms with van der Waals surface area (Å²) in [6.45, 7) is 2.57. The first kappa shape index (κ1) is 26.2. The Bertz CT molecular complexity index is 1070. The number of H-pyrrole nitrogens is 1. The Labute approximate surface area is 173 Å². The lowest BCUT2D eigenvalue weighted by atomic mass is 9.90. The Morgan fingerprint density at radius 2 is 1.65 bits per heavy atom. The third-order valence-electron chi connectivity index (χ3n) is 4.51. The molecule has 1 saturated heterocycles. The molecule has 0 amide bonds. The van der Waals surface area contributed by atoms with Crippen molar-refractivity contribution < 1.29 is 55.5 Å². The summed E-state index contributed by atoms with van der Waals surface area (Å²) in [6.07, 6.45) is -0.873. The van der Waals surface area contributed by atoms with E-state index in [0.29, 0.717) is 6.20 Å². The van der Waals surface area contributed by atoms with Crippen LogP contribution in [0.4, 0.5) is 4.39 Å². The molecule has 15 nitrogen and oxygen atoms in total. The molecule has 6 atom stereocenters. The Morgan fingerprint density at radius 1 is 1.06 bits per heavy atom. The number of aromatic amines is 1. The van der Waals surface area contributed by atoms with Gasteiger partial charge in [0.15, 0.2) is 0 Å². The highest BCUT2D eigenvalue weighted by atomic mass is 31.3. The van der Waals surface area contributed by atoms with Gasteiger partial charge in [0.1, 0.15) is 0 Å². The molecule has 1 aliphatic heterocycles. The Morgan fingerprint density at radius 3 is 2.23 bits per heavy atom. The first-order valence-corrected chi connectivity index (χ1v) is 12.9. The van der Waals surface area contributed by atoms with Gasteiger partial charge in [0.05, 0.1) is 31.6 Å². The van der Waals surface area contributed by atoms with Crippen LogP contribution in [0.2, 0.25) is 0 Å². The largest absolute Gasteiger partial charge is 0.490 e. The molecule has 178 valence electrons. The quantitative estimate of drug-likeness (QED) is 0.276. The molecule has 5 N–H and O–H groups in total. The molecule has 1 fully saturated rings. The molecule has 0 aliphatic carbocycles. The number of hydrogen-bond donors (Lipinski definition) is 5. The molecule has 0 bridgehead atoms. The van der Waals surface area contributed by atoms with Gasteiger partial charge in [-0.05, 0) is 11.8 Å². The van der Waals surface area contributed by atoms with Gasteiger partial charge in [0.2, 0.25) is 5.82 Å². The van der Waals surface area contributed by atoms with Gasteiger partial charge in [-0.2, -0.15) is 13.0 Å². The second-order valence-electron chi connectivity index (χ2n) is 6.71. The van der Waals surface area contributed by atoms with Crippen LogP contribution in [0.1, 0.15) is 13.8 Å². The minimum Gasteiger partial charge on any atom is -0.370 e. The van der Waals surface area contributed by atoms with Crippen molar-refractivity contribution in [2.24, 2.45) is 11.8 Å². The van der Waals surface area contributed by atoms with E-state index in [2.05, 4.69) is 13.1 Å². The van der Waals surface area contributed by atoms with E-state index < -0.39 is 59.3 Å². The van der Waals surface area contributed by atoms with Crippen LogP contribution in [0.3, 0.4) is 0 Å². The monoisotopic (exact) mass is 512 g/mol. The van der Waals surface area contributed by atoms with Crippen LogP contribution < -0.4 is 11.2 Å². The van der Waals surface area contributed by atoms with Crippen LogP contribution in [0.25, 0.3) is 0 Å². The van der Waals surface area contributed by atoms with Crippen molar-refractivity contribution >= 4 is 23.5 Å². The first-order valence-electron chi connectivity index (χ1n) is 8.43. The summed E-state index contributed by atoms with van der Waals surface area (Å²) >= 11 is 0. The lowest BCUT2D eigenvalue weighted by Gasteiger charge is -2.19. The fourth-order valence-electron chi connectivity index (χ4n) is 2.83. The summed E-state index contributed by atoms with van der Waals surface area (Å²) in [4.78, 5) is 60.3. The number of ether oxygens (including phenoxy) is 1. The molecule has 31 heavy (non-hydrogen) atoms. The van der Waals surface area contributed by atoms with Gasteiger partial charge < -0.3 is 24.3 Å². The summed E-state index contributed by atoms with van der Waals surface area (Å²) in [5.41, 5.74) is -2.05. The van der Waals surface area contributed by atoms with Gasteiger partial charge in [-0.15, -0.1) is 0 Å². The summed E-state index contributed by atoms with van der Waals surface area (Å²) in [7, 11) is -16.5. The normalized spacial score (nSPS) is 28.2. The van der Waals surface area contributed by atoms with Gasteiger partial charge in [0, 0.05) is 0 Å². The van der Waals surface area contributed by atoms with E-state index in [1.54, 1.807) is 18.8 Å². The minimum absolute atomic E-state index is 0.163. The number of nitrogens with zero attached hydrogens (tertiary/aromatic N) is 1. The Kier molecular flexibility index (Phi) is 8.00. The summed E-state index contributed by atoms with van der Waals surface area (Å²) in [5, 5.41) is 0. The van der Waals surface area contributed by atoms with E-state index in [1.165, 1.54) is 0 Å².